The quantitative estimate of drug-likeness (QED) is 0.264. The fourth-order valence-electron chi connectivity index (χ4n) is 5.01. The number of hydrogen-bond donors (Lipinski definition) is 0. The highest BCUT2D eigenvalue weighted by atomic mass is 79.9. The molecule has 7 heteroatoms. The van der Waals surface area contributed by atoms with Crippen LogP contribution in [0.2, 0.25) is 0 Å². The van der Waals surface area contributed by atoms with Crippen LogP contribution in [0.1, 0.15) is 16.8 Å². The van der Waals surface area contributed by atoms with Crippen molar-refractivity contribution in [1.82, 2.24) is 0 Å². The summed E-state index contributed by atoms with van der Waals surface area (Å²) in [5.74, 6) is -0.463. The van der Waals surface area contributed by atoms with Gasteiger partial charge in [0.2, 0.25) is 11.8 Å². The van der Waals surface area contributed by atoms with Crippen LogP contribution in [0.25, 0.3) is 0 Å². The van der Waals surface area contributed by atoms with Crippen LogP contribution in [0.15, 0.2) is 54.6 Å². The summed E-state index contributed by atoms with van der Waals surface area (Å²) in [6.45, 7) is 0. The lowest BCUT2D eigenvalue weighted by Gasteiger charge is -2.28. The predicted octanol–water partition coefficient (Wildman–Crippen LogP) is 4.19. The average Bonchev–Trinajstić information content (AvgIpc) is 3.34. The second kappa shape index (κ2) is 7.06. The van der Waals surface area contributed by atoms with Crippen LogP contribution in [0.4, 0.5) is 5.69 Å². The number of halogens is 2. The number of carbonyl (C=O) groups is 3. The molecule has 5 rings (SSSR count). The lowest BCUT2D eigenvalue weighted by Crippen LogP contribution is -2.37. The Hall–Kier alpha value is -1.99. The van der Waals surface area contributed by atoms with Crippen LogP contribution in [0.5, 0.6) is 5.75 Å². The van der Waals surface area contributed by atoms with Gasteiger partial charge in [0.15, 0.2) is 0 Å². The Bertz CT molecular complexity index is 962. The van der Waals surface area contributed by atoms with E-state index in [1.165, 1.54) is 4.90 Å². The number of benzene rings is 2. The van der Waals surface area contributed by atoms with Crippen molar-refractivity contribution < 1.29 is 19.1 Å². The van der Waals surface area contributed by atoms with Crippen LogP contribution >= 0.6 is 31.9 Å². The number of imide groups is 1. The molecule has 148 valence electrons. The van der Waals surface area contributed by atoms with Crippen molar-refractivity contribution in [3.63, 3.8) is 0 Å². The van der Waals surface area contributed by atoms with E-state index in [9.17, 15) is 14.4 Å². The molecular formula is C22H17Br2NO4. The Balaban J connectivity index is 1.35. The van der Waals surface area contributed by atoms with E-state index in [0.29, 0.717) is 17.0 Å². The third kappa shape index (κ3) is 2.89. The fraction of sp³-hybridized carbons (Fsp3) is 0.318. The topological polar surface area (TPSA) is 63.7 Å². The van der Waals surface area contributed by atoms with Gasteiger partial charge in [-0.05, 0) is 54.7 Å². The molecule has 2 bridgehead atoms. The molecule has 2 aromatic rings. The number of ether oxygens (including phenoxy) is 1. The van der Waals surface area contributed by atoms with Gasteiger partial charge in [-0.1, -0.05) is 50.1 Å². The van der Waals surface area contributed by atoms with Crippen LogP contribution in [-0.4, -0.2) is 27.4 Å². The smallest absolute Gasteiger partial charge is 0.343 e. The molecule has 1 heterocycles. The van der Waals surface area contributed by atoms with Gasteiger partial charge < -0.3 is 4.74 Å². The number of rotatable bonds is 3. The molecule has 3 fully saturated rings. The van der Waals surface area contributed by atoms with Gasteiger partial charge >= 0.3 is 5.97 Å². The second-order valence-electron chi connectivity index (χ2n) is 7.77. The summed E-state index contributed by atoms with van der Waals surface area (Å²) in [4.78, 5) is 40.1. The first-order chi connectivity index (χ1) is 14.0. The maximum absolute atomic E-state index is 13.1. The molecule has 1 saturated heterocycles. The molecule has 0 aromatic heterocycles. The first-order valence-corrected chi connectivity index (χ1v) is 11.3. The van der Waals surface area contributed by atoms with Crippen LogP contribution in [0, 0.1) is 23.7 Å². The third-order valence-corrected chi connectivity index (χ3v) is 9.51. The molecule has 29 heavy (non-hydrogen) atoms. The number of alkyl halides is 2. The zero-order valence-corrected chi connectivity index (χ0v) is 18.4. The normalized spacial score (nSPS) is 32.6. The monoisotopic (exact) mass is 517 g/mol. The molecule has 2 aliphatic carbocycles. The minimum atomic E-state index is -0.454. The molecule has 1 aliphatic heterocycles. The molecule has 0 unspecified atom stereocenters. The van der Waals surface area contributed by atoms with Gasteiger partial charge in [-0.3, -0.25) is 14.5 Å². The predicted molar refractivity (Wildman–Crippen MR) is 114 cm³/mol. The van der Waals surface area contributed by atoms with Gasteiger partial charge in [0.1, 0.15) is 5.75 Å². The van der Waals surface area contributed by atoms with Crippen molar-refractivity contribution in [1.29, 1.82) is 0 Å². The molecule has 2 amide bonds. The van der Waals surface area contributed by atoms with Crippen molar-refractivity contribution >= 4 is 55.3 Å². The van der Waals surface area contributed by atoms with Crippen LogP contribution in [-0.2, 0) is 9.59 Å². The Kier molecular flexibility index (Phi) is 4.62. The van der Waals surface area contributed by atoms with Gasteiger partial charge in [-0.25, -0.2) is 4.79 Å². The number of carbonyl (C=O) groups excluding carboxylic acids is 3. The summed E-state index contributed by atoms with van der Waals surface area (Å²) in [6.07, 6.45) is 0.904. The standard InChI is InChI=1S/C22H17Br2NO4/c23-18-14-10-15(19(18)24)17-16(14)20(26)25(21(17)27)12-6-8-13(9-7-12)29-22(28)11-4-2-1-3-5-11/h1-9,14-19H,10H2/t14-,15-,16-,17-,18-,19+/m1/s1. The highest BCUT2D eigenvalue weighted by Gasteiger charge is 2.66. The van der Waals surface area contributed by atoms with Crippen molar-refractivity contribution in [2.75, 3.05) is 4.90 Å². The van der Waals surface area contributed by atoms with E-state index in [0.717, 1.165) is 6.42 Å². The highest BCUT2D eigenvalue weighted by molar-refractivity contribution is 9.12. The average molecular weight is 519 g/mol. The molecule has 0 radical (unpaired) electrons. The number of nitrogens with zero attached hydrogens (tertiary/aromatic N) is 1. The van der Waals surface area contributed by atoms with E-state index in [2.05, 4.69) is 31.9 Å². The molecule has 2 aromatic carbocycles. The molecule has 2 saturated carbocycles. The number of esters is 1. The number of amides is 2. The van der Waals surface area contributed by atoms with Crippen molar-refractivity contribution in [3.8, 4) is 5.75 Å². The largest absolute Gasteiger partial charge is 0.423 e. The van der Waals surface area contributed by atoms with Crippen molar-refractivity contribution in [2.24, 2.45) is 23.7 Å². The molecule has 6 atom stereocenters. The summed E-state index contributed by atoms with van der Waals surface area (Å²) < 4.78 is 5.38. The molecule has 3 aliphatic rings. The molecular weight excluding hydrogens is 502 g/mol. The van der Waals surface area contributed by atoms with Crippen molar-refractivity contribution in [2.45, 2.75) is 16.1 Å². The first-order valence-electron chi connectivity index (χ1n) is 9.50. The fourth-order valence-corrected chi connectivity index (χ4v) is 6.88. The number of hydrogen-bond acceptors (Lipinski definition) is 4. The summed E-state index contributed by atoms with van der Waals surface area (Å²) in [7, 11) is 0. The zero-order chi connectivity index (χ0) is 20.3. The van der Waals surface area contributed by atoms with Crippen LogP contribution < -0.4 is 9.64 Å². The van der Waals surface area contributed by atoms with E-state index in [4.69, 9.17) is 4.74 Å². The Morgan fingerprint density at radius 2 is 1.41 bits per heavy atom. The van der Waals surface area contributed by atoms with Gasteiger partial charge in [-0.15, -0.1) is 0 Å². The van der Waals surface area contributed by atoms with Gasteiger partial charge in [-0.2, -0.15) is 0 Å². The summed E-state index contributed by atoms with van der Waals surface area (Å²) in [5, 5.41) is 0. The first kappa shape index (κ1) is 19.0. The molecule has 0 N–H and O–H groups in total. The maximum Gasteiger partial charge on any atom is 0.343 e. The minimum absolute atomic E-state index is 0.120. The summed E-state index contributed by atoms with van der Waals surface area (Å²) in [5.41, 5.74) is 0.976. The minimum Gasteiger partial charge on any atom is -0.423 e. The van der Waals surface area contributed by atoms with E-state index in [1.54, 1.807) is 48.5 Å². The van der Waals surface area contributed by atoms with E-state index in [-0.39, 0.29) is 45.1 Å². The van der Waals surface area contributed by atoms with E-state index >= 15 is 0 Å². The zero-order valence-electron chi connectivity index (χ0n) is 15.2. The van der Waals surface area contributed by atoms with Gasteiger partial charge in [0.25, 0.3) is 0 Å². The Morgan fingerprint density at radius 3 is 1.97 bits per heavy atom. The van der Waals surface area contributed by atoms with E-state index in [1.807, 2.05) is 6.07 Å². The summed E-state index contributed by atoms with van der Waals surface area (Å²) in [6, 6.07) is 15.3. The Morgan fingerprint density at radius 1 is 0.862 bits per heavy atom. The lowest BCUT2D eigenvalue weighted by molar-refractivity contribution is -0.123. The van der Waals surface area contributed by atoms with E-state index < -0.39 is 5.97 Å². The highest BCUT2D eigenvalue weighted by Crippen LogP contribution is 2.60. The van der Waals surface area contributed by atoms with Gasteiger partial charge in [0, 0.05) is 9.65 Å². The maximum atomic E-state index is 13.1. The summed E-state index contributed by atoms with van der Waals surface area (Å²) >= 11 is 7.39. The third-order valence-electron chi connectivity index (χ3n) is 6.30. The molecule has 0 spiro atoms. The lowest BCUT2D eigenvalue weighted by atomic mass is 9.81. The SMILES string of the molecule is O=C(Oc1ccc(N2C(=O)[C@@H]3[C@H]4C[C@@H]([C@@H](Br)[C@H]4Br)[C@H]3C2=O)cc1)c1ccccc1. The van der Waals surface area contributed by atoms with Gasteiger partial charge in [0.05, 0.1) is 23.1 Å². The number of anilines is 1. The van der Waals surface area contributed by atoms with Crippen LogP contribution in [0.3, 0.4) is 0 Å². The Labute approximate surface area is 184 Å². The van der Waals surface area contributed by atoms with Crippen molar-refractivity contribution in [3.05, 3.63) is 60.2 Å². The molecule has 5 nitrogen and oxygen atoms in total. The number of fused-ring (bicyclic) bond motifs is 5. The second-order valence-corrected chi connectivity index (χ2v) is 9.88.